The molecule has 0 spiro atoms. The van der Waals surface area contributed by atoms with Gasteiger partial charge in [-0.15, -0.1) is 0 Å². The lowest BCUT2D eigenvalue weighted by atomic mass is 9.83. The highest BCUT2D eigenvalue weighted by atomic mass is 32.2. The smallest absolute Gasteiger partial charge is 0.330 e. The molecule has 0 aliphatic carbocycles. The zero-order valence-corrected chi connectivity index (χ0v) is 14.4. The summed E-state index contributed by atoms with van der Waals surface area (Å²) in [7, 11) is 1.70. The molecule has 0 amide bonds. The van der Waals surface area contributed by atoms with E-state index in [-0.39, 0.29) is 0 Å². The maximum atomic E-state index is 10.1. The minimum absolute atomic E-state index is 0.648. The average molecular weight is 313 g/mol. The van der Waals surface area contributed by atoms with Crippen molar-refractivity contribution in [1.82, 2.24) is 0 Å². The van der Waals surface area contributed by atoms with Gasteiger partial charge in [-0.1, -0.05) is 47.6 Å². The third kappa shape index (κ3) is 4.63. The van der Waals surface area contributed by atoms with Crippen molar-refractivity contribution in [3.63, 3.8) is 0 Å². The molecular weight excluding hydrogens is 291 g/mol. The van der Waals surface area contributed by atoms with E-state index in [1.807, 2.05) is 44.2 Å². The van der Waals surface area contributed by atoms with Gasteiger partial charge >= 0.3 is 7.48 Å². The normalized spacial score (nSPS) is 12.2. The summed E-state index contributed by atoms with van der Waals surface area (Å²) in [5.74, 6) is 0. The topological polar surface area (TPSA) is 29.5 Å². The number of hydrogen-bond acceptors (Lipinski definition) is 3. The zero-order valence-electron chi connectivity index (χ0n) is 13.5. The molecule has 0 aliphatic heterocycles. The molecule has 0 aromatic heterocycles. The zero-order chi connectivity index (χ0) is 16.2. The maximum Gasteiger partial charge on any atom is 0.330 e. The predicted octanol–water partition coefficient (Wildman–Crippen LogP) is 3.65. The minimum Gasteiger partial charge on any atom is -0.427 e. The molecule has 0 atom stereocenters. The van der Waals surface area contributed by atoms with Gasteiger partial charge in [-0.05, 0) is 52.0 Å². The lowest BCUT2D eigenvalue weighted by Crippen LogP contribution is -2.49. The number of aliphatic hydroxyl groups is 1. The SMILES string of the molecule is CC(C)(O)C(C)(C)O[B]c1ccc(Sc2ccccc2)cc1. The average Bonchev–Trinajstić information content (AvgIpc) is 2.46. The largest absolute Gasteiger partial charge is 0.427 e. The fourth-order valence-electron chi connectivity index (χ4n) is 1.60. The fraction of sp³-hybridized carbons (Fsp3) is 0.333. The summed E-state index contributed by atoms with van der Waals surface area (Å²) in [5, 5.41) is 10.1. The van der Waals surface area contributed by atoms with E-state index in [1.165, 1.54) is 9.79 Å². The number of benzene rings is 2. The van der Waals surface area contributed by atoms with Crippen LogP contribution >= 0.6 is 11.8 Å². The summed E-state index contributed by atoms with van der Waals surface area (Å²) < 4.78 is 5.76. The molecule has 0 fully saturated rings. The van der Waals surface area contributed by atoms with E-state index in [9.17, 15) is 5.11 Å². The van der Waals surface area contributed by atoms with Crippen LogP contribution in [-0.2, 0) is 4.65 Å². The van der Waals surface area contributed by atoms with Crippen molar-refractivity contribution < 1.29 is 9.76 Å². The van der Waals surface area contributed by atoms with Crippen LogP contribution in [0.3, 0.4) is 0 Å². The maximum absolute atomic E-state index is 10.1. The summed E-state index contributed by atoms with van der Waals surface area (Å²) in [6.45, 7) is 7.26. The molecule has 2 nitrogen and oxygen atoms in total. The van der Waals surface area contributed by atoms with Crippen molar-refractivity contribution >= 4 is 24.7 Å². The second-order valence-electron chi connectivity index (χ2n) is 6.29. The number of hydrogen-bond donors (Lipinski definition) is 1. The first-order valence-electron chi connectivity index (χ1n) is 7.34. The Balaban J connectivity index is 1.95. The van der Waals surface area contributed by atoms with Crippen molar-refractivity contribution in [3.8, 4) is 0 Å². The van der Waals surface area contributed by atoms with Gasteiger partial charge in [0.25, 0.3) is 0 Å². The lowest BCUT2D eigenvalue weighted by molar-refractivity contribution is -0.0893. The molecule has 1 N–H and O–H groups in total. The highest BCUT2D eigenvalue weighted by Gasteiger charge is 2.35. The fourth-order valence-corrected chi connectivity index (χ4v) is 2.44. The van der Waals surface area contributed by atoms with Gasteiger partial charge in [-0.3, -0.25) is 0 Å². The van der Waals surface area contributed by atoms with E-state index in [2.05, 4.69) is 24.3 Å². The van der Waals surface area contributed by atoms with Crippen LogP contribution in [0.5, 0.6) is 0 Å². The van der Waals surface area contributed by atoms with Crippen LogP contribution in [0.15, 0.2) is 64.4 Å². The van der Waals surface area contributed by atoms with E-state index in [1.54, 1.807) is 33.1 Å². The molecule has 1 radical (unpaired) electrons. The van der Waals surface area contributed by atoms with Gasteiger partial charge in [0.1, 0.15) is 0 Å². The quantitative estimate of drug-likeness (QED) is 0.826. The summed E-state index contributed by atoms with van der Waals surface area (Å²) in [5.41, 5.74) is -0.577. The highest BCUT2D eigenvalue weighted by molar-refractivity contribution is 7.99. The van der Waals surface area contributed by atoms with Crippen LogP contribution in [-0.4, -0.2) is 23.8 Å². The van der Waals surface area contributed by atoms with E-state index in [4.69, 9.17) is 4.65 Å². The van der Waals surface area contributed by atoms with Gasteiger partial charge in [0, 0.05) is 9.79 Å². The lowest BCUT2D eigenvalue weighted by Gasteiger charge is -2.37. The molecule has 2 aromatic rings. The Morgan fingerprint density at radius 2 is 1.41 bits per heavy atom. The van der Waals surface area contributed by atoms with E-state index in [0.717, 1.165) is 5.46 Å². The molecule has 0 saturated carbocycles. The van der Waals surface area contributed by atoms with Crippen LogP contribution < -0.4 is 5.46 Å². The van der Waals surface area contributed by atoms with Crippen molar-refractivity contribution in [2.45, 2.75) is 48.7 Å². The van der Waals surface area contributed by atoms with Gasteiger partial charge < -0.3 is 9.76 Å². The Labute approximate surface area is 138 Å². The minimum atomic E-state index is -0.910. The molecule has 2 aromatic carbocycles. The highest BCUT2D eigenvalue weighted by Crippen LogP contribution is 2.27. The van der Waals surface area contributed by atoms with E-state index < -0.39 is 11.2 Å². The van der Waals surface area contributed by atoms with Crippen LogP contribution in [0.4, 0.5) is 0 Å². The van der Waals surface area contributed by atoms with Gasteiger partial charge in [0.15, 0.2) is 0 Å². The summed E-state index contributed by atoms with van der Waals surface area (Å²) >= 11 is 1.73. The molecule has 4 heteroatoms. The van der Waals surface area contributed by atoms with Crippen molar-refractivity contribution in [1.29, 1.82) is 0 Å². The molecule has 2 rings (SSSR count). The second-order valence-corrected chi connectivity index (χ2v) is 7.44. The van der Waals surface area contributed by atoms with Crippen LogP contribution in [0.25, 0.3) is 0 Å². The Morgan fingerprint density at radius 3 is 1.95 bits per heavy atom. The van der Waals surface area contributed by atoms with Crippen molar-refractivity contribution in [3.05, 3.63) is 54.6 Å². The standard InChI is InChI=1S/C18H22BO2S/c1-17(2,20)18(3,4)21-19-14-10-12-16(13-11-14)22-15-8-6-5-7-9-15/h5-13,20H,1-4H3. The Bertz CT molecular complexity index is 589. The van der Waals surface area contributed by atoms with Crippen molar-refractivity contribution in [2.24, 2.45) is 0 Å². The van der Waals surface area contributed by atoms with E-state index >= 15 is 0 Å². The van der Waals surface area contributed by atoms with Gasteiger partial charge in [-0.25, -0.2) is 0 Å². The van der Waals surface area contributed by atoms with Crippen LogP contribution in [0.2, 0.25) is 0 Å². The third-order valence-corrected chi connectivity index (χ3v) is 4.84. The second kappa shape index (κ2) is 6.90. The number of rotatable bonds is 6. The molecule has 0 saturated heterocycles. The summed E-state index contributed by atoms with van der Waals surface area (Å²) in [6.07, 6.45) is 0. The summed E-state index contributed by atoms with van der Waals surface area (Å²) in [4.78, 5) is 2.41. The molecule has 115 valence electrons. The first-order valence-corrected chi connectivity index (χ1v) is 8.16. The Morgan fingerprint density at radius 1 is 0.864 bits per heavy atom. The van der Waals surface area contributed by atoms with Gasteiger partial charge in [0.2, 0.25) is 0 Å². The first kappa shape index (κ1) is 17.1. The first-order chi connectivity index (χ1) is 10.3. The molecular formula is C18H22BO2S. The molecule has 22 heavy (non-hydrogen) atoms. The monoisotopic (exact) mass is 313 g/mol. The Kier molecular flexibility index (Phi) is 5.38. The summed E-state index contributed by atoms with van der Waals surface area (Å²) in [6, 6.07) is 18.5. The van der Waals surface area contributed by atoms with E-state index in [0.29, 0.717) is 0 Å². The molecule has 0 aliphatic rings. The van der Waals surface area contributed by atoms with Gasteiger partial charge in [-0.2, -0.15) is 0 Å². The van der Waals surface area contributed by atoms with Crippen molar-refractivity contribution in [2.75, 3.05) is 0 Å². The molecule has 0 bridgehead atoms. The predicted molar refractivity (Wildman–Crippen MR) is 93.9 cm³/mol. The van der Waals surface area contributed by atoms with Crippen LogP contribution in [0, 0.1) is 0 Å². The Hall–Kier alpha value is -1.23. The third-order valence-electron chi connectivity index (χ3n) is 3.82. The van der Waals surface area contributed by atoms with Crippen LogP contribution in [0.1, 0.15) is 27.7 Å². The molecule has 0 unspecified atom stereocenters. The molecule has 0 heterocycles. The van der Waals surface area contributed by atoms with Gasteiger partial charge in [0.05, 0.1) is 11.2 Å².